The lowest BCUT2D eigenvalue weighted by Crippen LogP contribution is -2.36. The smallest absolute Gasteiger partial charge is 0.169 e. The Morgan fingerprint density at radius 3 is 1.95 bits per heavy atom. The zero-order chi connectivity index (χ0) is 38.6. The minimum atomic E-state index is -0.504. The van der Waals surface area contributed by atoms with E-state index in [-0.39, 0.29) is 5.41 Å². The van der Waals surface area contributed by atoms with E-state index in [0.29, 0.717) is 6.54 Å². The van der Waals surface area contributed by atoms with Crippen LogP contribution in [0.25, 0.3) is 50.5 Å². The lowest BCUT2D eigenvalue weighted by atomic mass is 9.74. The summed E-state index contributed by atoms with van der Waals surface area (Å²) in [7, 11) is 0. The van der Waals surface area contributed by atoms with Crippen LogP contribution in [0.1, 0.15) is 57.6 Å². The van der Waals surface area contributed by atoms with Gasteiger partial charge >= 0.3 is 0 Å². The summed E-state index contributed by atoms with van der Waals surface area (Å²) in [6, 6.07) is 62.7. The van der Waals surface area contributed by atoms with Crippen molar-refractivity contribution in [2.45, 2.75) is 25.0 Å². The molecule has 0 saturated heterocycles. The van der Waals surface area contributed by atoms with Crippen LogP contribution in [-0.2, 0) is 12.0 Å². The fraction of sp³-hybridized carbons (Fsp3) is 0.0755. The number of benzene rings is 7. The Hall–Kier alpha value is -7.37. The monoisotopic (exact) mass is 745 g/mol. The lowest BCUT2D eigenvalue weighted by Gasteiger charge is -2.28. The molecule has 0 radical (unpaired) electrons. The van der Waals surface area contributed by atoms with Gasteiger partial charge in [0.1, 0.15) is 11.7 Å². The summed E-state index contributed by atoms with van der Waals surface area (Å²) in [5.74, 6) is 1.58. The third kappa shape index (κ3) is 5.58. The number of hydrogen-bond acceptors (Lipinski definition) is 5. The maximum absolute atomic E-state index is 5.39. The molecule has 1 aliphatic carbocycles. The molecule has 5 heteroatoms. The molecule has 3 aliphatic rings. The highest BCUT2D eigenvalue weighted by atomic mass is 15.2. The Bertz CT molecular complexity index is 2930. The number of para-hydroxylation sites is 1. The van der Waals surface area contributed by atoms with Crippen LogP contribution in [0, 0.1) is 0 Å². The average Bonchev–Trinajstić information content (AvgIpc) is 3.57. The zero-order valence-electron chi connectivity index (χ0n) is 32.0. The van der Waals surface area contributed by atoms with E-state index in [2.05, 4.69) is 163 Å². The quantitative estimate of drug-likeness (QED) is 0.178. The molecule has 58 heavy (non-hydrogen) atoms. The third-order valence-corrected chi connectivity index (χ3v) is 12.0. The molecular weight excluding hydrogens is 707 g/mol. The second kappa shape index (κ2) is 13.7. The minimum absolute atomic E-state index is 0.270. The summed E-state index contributed by atoms with van der Waals surface area (Å²) in [5, 5.41) is 8.20. The van der Waals surface area contributed by atoms with E-state index in [1.165, 1.54) is 38.9 Å². The highest BCUT2D eigenvalue weighted by molar-refractivity contribution is 6.16. The molecule has 0 saturated carbocycles. The molecular formula is C53H39N5. The van der Waals surface area contributed by atoms with Gasteiger partial charge in [0.05, 0.1) is 11.2 Å². The van der Waals surface area contributed by atoms with Gasteiger partial charge in [-0.1, -0.05) is 146 Å². The molecule has 0 spiro atoms. The number of hydrogen-bond donors (Lipinski definition) is 2. The molecule has 1 aromatic heterocycles. The Morgan fingerprint density at radius 2 is 1.19 bits per heavy atom. The first-order valence-corrected chi connectivity index (χ1v) is 19.9. The largest absolute Gasteiger partial charge is 0.387 e. The van der Waals surface area contributed by atoms with Crippen molar-refractivity contribution in [2.75, 3.05) is 0 Å². The number of aliphatic imine (C=N–C) groups is 2. The number of aromatic nitrogens is 1. The maximum atomic E-state index is 5.39. The van der Waals surface area contributed by atoms with Gasteiger partial charge in [-0.3, -0.25) is 0 Å². The molecule has 1 unspecified atom stereocenters. The van der Waals surface area contributed by atoms with Crippen LogP contribution >= 0.6 is 0 Å². The van der Waals surface area contributed by atoms with Crippen LogP contribution < -0.4 is 10.6 Å². The van der Waals surface area contributed by atoms with E-state index in [1.807, 2.05) is 42.6 Å². The van der Waals surface area contributed by atoms with Crippen LogP contribution in [0.3, 0.4) is 0 Å². The highest BCUT2D eigenvalue weighted by Crippen LogP contribution is 2.53. The normalized spacial score (nSPS) is 16.7. The number of nitrogens with one attached hydrogen (secondary N) is 2. The van der Waals surface area contributed by atoms with Crippen molar-refractivity contribution in [3.05, 3.63) is 227 Å². The predicted octanol–water partition coefficient (Wildman–Crippen LogP) is 11.5. The fourth-order valence-electron chi connectivity index (χ4n) is 9.14. The predicted molar refractivity (Wildman–Crippen MR) is 238 cm³/mol. The van der Waals surface area contributed by atoms with Crippen molar-refractivity contribution in [3.63, 3.8) is 0 Å². The summed E-state index contributed by atoms with van der Waals surface area (Å²) >= 11 is 0. The molecule has 8 aromatic rings. The van der Waals surface area contributed by atoms with Crippen molar-refractivity contribution >= 4 is 28.7 Å². The Kier molecular flexibility index (Phi) is 8.00. The number of rotatable bonds is 6. The lowest BCUT2D eigenvalue weighted by molar-refractivity contribution is 0.714. The van der Waals surface area contributed by atoms with Gasteiger partial charge in [0, 0.05) is 39.6 Å². The first-order chi connectivity index (χ1) is 28.6. The van der Waals surface area contributed by atoms with Crippen molar-refractivity contribution in [1.29, 1.82) is 0 Å². The van der Waals surface area contributed by atoms with Crippen molar-refractivity contribution in [1.82, 2.24) is 15.6 Å². The minimum Gasteiger partial charge on any atom is -0.387 e. The van der Waals surface area contributed by atoms with Crippen molar-refractivity contribution < 1.29 is 0 Å². The van der Waals surface area contributed by atoms with Gasteiger partial charge in [-0.15, -0.1) is 0 Å². The summed E-state index contributed by atoms with van der Waals surface area (Å²) in [5.41, 5.74) is 16.8. The summed E-state index contributed by atoms with van der Waals surface area (Å²) in [4.78, 5) is 16.0. The highest BCUT2D eigenvalue weighted by Gasteiger charge is 2.40. The fourth-order valence-corrected chi connectivity index (χ4v) is 9.14. The molecule has 0 fully saturated rings. The van der Waals surface area contributed by atoms with Gasteiger partial charge in [0.15, 0.2) is 6.17 Å². The summed E-state index contributed by atoms with van der Waals surface area (Å²) in [6.07, 6.45) is 3.72. The molecule has 11 rings (SSSR count). The van der Waals surface area contributed by atoms with Crippen LogP contribution in [-0.4, -0.2) is 16.7 Å². The van der Waals surface area contributed by atoms with Gasteiger partial charge < -0.3 is 10.6 Å². The van der Waals surface area contributed by atoms with Crippen molar-refractivity contribution in [2.24, 2.45) is 9.98 Å². The molecule has 1 atom stereocenters. The summed E-state index contributed by atoms with van der Waals surface area (Å²) < 4.78 is 0. The van der Waals surface area contributed by atoms with Crippen LogP contribution in [0.2, 0.25) is 0 Å². The van der Waals surface area contributed by atoms with Gasteiger partial charge in [0.25, 0.3) is 0 Å². The standard InChI is InChI=1S/C53H39N5/c1-53(40-19-9-4-10-20-40)46-23-13-11-21-42(46)44-32-36(25-26-47(44)53)37-29-38(49-45-33-54-28-27-41(45)43-22-12-14-24-48(43)55-49)31-39(30-37)52-57-50(34-15-5-2-6-16-34)56-51(58-52)35-17-7-3-8-18-35/h2-32,52,54H,33H2,1H3,(H,56,57,58). The van der Waals surface area contributed by atoms with E-state index in [0.717, 1.165) is 61.6 Å². The molecule has 2 aliphatic heterocycles. The van der Waals surface area contributed by atoms with Crippen LogP contribution in [0.4, 0.5) is 0 Å². The molecule has 2 N–H and O–H groups in total. The number of amidine groups is 2. The molecule has 276 valence electrons. The van der Waals surface area contributed by atoms with E-state index >= 15 is 0 Å². The van der Waals surface area contributed by atoms with E-state index in [1.54, 1.807) is 0 Å². The molecule has 3 heterocycles. The van der Waals surface area contributed by atoms with E-state index in [9.17, 15) is 0 Å². The van der Waals surface area contributed by atoms with Crippen molar-refractivity contribution in [3.8, 4) is 33.5 Å². The van der Waals surface area contributed by atoms with Gasteiger partial charge in [-0.05, 0) is 99.6 Å². The number of pyridine rings is 1. The summed E-state index contributed by atoms with van der Waals surface area (Å²) in [6.45, 7) is 3.05. The first kappa shape index (κ1) is 33.9. The number of fused-ring (bicyclic) bond motifs is 6. The average molecular weight is 746 g/mol. The van der Waals surface area contributed by atoms with Gasteiger partial charge in [-0.2, -0.15) is 0 Å². The van der Waals surface area contributed by atoms with E-state index < -0.39 is 6.17 Å². The van der Waals surface area contributed by atoms with Crippen LogP contribution in [0.5, 0.6) is 0 Å². The zero-order valence-corrected chi connectivity index (χ0v) is 32.0. The molecule has 5 nitrogen and oxygen atoms in total. The Morgan fingerprint density at radius 1 is 0.552 bits per heavy atom. The first-order valence-electron chi connectivity index (χ1n) is 19.9. The maximum Gasteiger partial charge on any atom is 0.169 e. The number of nitrogens with zero attached hydrogens (tertiary/aromatic N) is 3. The molecule has 0 bridgehead atoms. The molecule has 0 amide bonds. The van der Waals surface area contributed by atoms with Gasteiger partial charge in [0.2, 0.25) is 0 Å². The van der Waals surface area contributed by atoms with Gasteiger partial charge in [-0.25, -0.2) is 15.0 Å². The SMILES string of the molecule is CC1(c2ccccc2)c2ccccc2-c2cc(-c3cc(-c4nc5ccccc5c5c4CNC=C5)cc(C4N=C(c5ccccc5)NC(c5ccccc5)=N4)c3)ccc21. The topological polar surface area (TPSA) is 61.7 Å². The second-order valence-electron chi connectivity index (χ2n) is 15.4. The Labute approximate surface area is 338 Å². The molecule has 7 aromatic carbocycles. The second-order valence-corrected chi connectivity index (χ2v) is 15.4. The van der Waals surface area contributed by atoms with Crippen LogP contribution in [0.15, 0.2) is 192 Å². The van der Waals surface area contributed by atoms with E-state index in [4.69, 9.17) is 15.0 Å². The Balaban J connectivity index is 1.14. The third-order valence-electron chi connectivity index (χ3n) is 12.0.